The van der Waals surface area contributed by atoms with Gasteiger partial charge in [0, 0.05) is 32.2 Å². The van der Waals surface area contributed by atoms with E-state index >= 15 is 0 Å². The fourth-order valence-corrected chi connectivity index (χ4v) is 5.02. The molecule has 1 aromatic heterocycles. The molecule has 0 unspecified atom stereocenters. The van der Waals surface area contributed by atoms with Crippen LogP contribution in [0.4, 0.5) is 5.69 Å². The van der Waals surface area contributed by atoms with E-state index in [0.29, 0.717) is 23.3 Å². The molecular formula is C19H24ClN5O3S2. The van der Waals surface area contributed by atoms with Gasteiger partial charge in [-0.25, -0.2) is 12.7 Å². The first-order valence-electron chi connectivity index (χ1n) is 9.38. The van der Waals surface area contributed by atoms with E-state index < -0.39 is 15.3 Å². The number of amides is 1. The fraction of sp³-hybridized carbons (Fsp3) is 0.421. The third-order valence-corrected chi connectivity index (χ3v) is 7.99. The number of benzene rings is 1. The Morgan fingerprint density at radius 1 is 1.43 bits per heavy atom. The molecule has 1 amide bonds. The van der Waals surface area contributed by atoms with E-state index in [2.05, 4.69) is 22.1 Å². The highest BCUT2D eigenvalue weighted by atomic mass is 35.5. The predicted molar refractivity (Wildman–Crippen MR) is 118 cm³/mol. The molecule has 3 rings (SSSR count). The number of allylic oxidation sites excluding steroid dienone is 1. The highest BCUT2D eigenvalue weighted by Crippen LogP contribution is 2.40. The number of carbonyl (C=O) groups is 1. The van der Waals surface area contributed by atoms with Gasteiger partial charge in [-0.3, -0.25) is 4.79 Å². The van der Waals surface area contributed by atoms with E-state index in [4.69, 9.17) is 11.6 Å². The Bertz CT molecular complexity index is 1060. The van der Waals surface area contributed by atoms with Crippen LogP contribution in [-0.4, -0.2) is 52.7 Å². The molecular weight excluding hydrogens is 446 g/mol. The van der Waals surface area contributed by atoms with Gasteiger partial charge in [0.2, 0.25) is 15.9 Å². The van der Waals surface area contributed by atoms with Gasteiger partial charge in [0.15, 0.2) is 5.16 Å². The molecule has 1 aliphatic rings. The lowest BCUT2D eigenvalue weighted by Crippen LogP contribution is -2.24. The third-order valence-electron chi connectivity index (χ3n) is 4.61. The van der Waals surface area contributed by atoms with Crippen molar-refractivity contribution < 1.29 is 13.2 Å². The van der Waals surface area contributed by atoms with Gasteiger partial charge in [0.05, 0.1) is 10.3 Å². The molecule has 0 saturated heterocycles. The molecule has 2 aromatic rings. The molecule has 1 atom stereocenters. The van der Waals surface area contributed by atoms with Crippen LogP contribution in [0.5, 0.6) is 0 Å². The van der Waals surface area contributed by atoms with E-state index in [1.54, 1.807) is 19.1 Å². The number of nitrogens with one attached hydrogen (secondary N) is 1. The molecule has 11 heteroatoms. The number of hydrogen-bond acceptors (Lipinski definition) is 6. The predicted octanol–water partition coefficient (Wildman–Crippen LogP) is 3.36. The minimum Gasteiger partial charge on any atom is -0.325 e. The normalized spacial score (nSPS) is 15.2. The maximum atomic E-state index is 12.7. The number of nitrogens with zero attached hydrogens (tertiary/aromatic N) is 4. The first-order chi connectivity index (χ1) is 14.1. The van der Waals surface area contributed by atoms with Crippen molar-refractivity contribution in [2.75, 3.05) is 19.4 Å². The van der Waals surface area contributed by atoms with Gasteiger partial charge < -0.3 is 9.88 Å². The lowest BCUT2D eigenvalue weighted by Gasteiger charge is -2.16. The molecule has 8 nitrogen and oxygen atoms in total. The van der Waals surface area contributed by atoms with Crippen molar-refractivity contribution >= 4 is 45.0 Å². The molecule has 162 valence electrons. The largest absolute Gasteiger partial charge is 0.325 e. The molecule has 1 fully saturated rings. The molecule has 30 heavy (non-hydrogen) atoms. The third kappa shape index (κ3) is 4.88. The van der Waals surface area contributed by atoms with Crippen molar-refractivity contribution in [2.24, 2.45) is 0 Å². The van der Waals surface area contributed by atoms with E-state index in [1.807, 2.05) is 4.57 Å². The molecule has 1 saturated carbocycles. The molecule has 0 bridgehead atoms. The molecule has 1 aromatic carbocycles. The molecule has 1 aliphatic carbocycles. The van der Waals surface area contributed by atoms with Gasteiger partial charge in [-0.05, 0) is 38.0 Å². The van der Waals surface area contributed by atoms with E-state index in [9.17, 15) is 13.2 Å². The van der Waals surface area contributed by atoms with Crippen molar-refractivity contribution in [1.82, 2.24) is 19.1 Å². The van der Waals surface area contributed by atoms with Crippen LogP contribution in [0.25, 0.3) is 0 Å². The summed E-state index contributed by atoms with van der Waals surface area (Å²) < 4.78 is 27.9. The maximum Gasteiger partial charge on any atom is 0.244 e. The molecule has 1 heterocycles. The van der Waals surface area contributed by atoms with Crippen molar-refractivity contribution in [2.45, 2.75) is 47.5 Å². The van der Waals surface area contributed by atoms with Crippen LogP contribution in [0.15, 0.2) is 40.9 Å². The summed E-state index contributed by atoms with van der Waals surface area (Å²) in [6, 6.07) is 4.38. The second-order valence-corrected chi connectivity index (χ2v) is 11.0. The molecule has 1 N–H and O–H groups in total. The highest BCUT2D eigenvalue weighted by molar-refractivity contribution is 8.00. The highest BCUT2D eigenvalue weighted by Gasteiger charge is 2.31. The number of hydrogen-bond donors (Lipinski definition) is 1. The Hall–Kier alpha value is -1.88. The smallest absolute Gasteiger partial charge is 0.244 e. The van der Waals surface area contributed by atoms with Crippen molar-refractivity contribution in [1.29, 1.82) is 0 Å². The topological polar surface area (TPSA) is 97.2 Å². The van der Waals surface area contributed by atoms with Gasteiger partial charge >= 0.3 is 0 Å². The van der Waals surface area contributed by atoms with Crippen molar-refractivity contribution in [3.63, 3.8) is 0 Å². The van der Waals surface area contributed by atoms with Crippen LogP contribution < -0.4 is 5.32 Å². The summed E-state index contributed by atoms with van der Waals surface area (Å²) in [5, 5.41) is 11.6. The molecule has 0 spiro atoms. The molecule has 0 radical (unpaired) electrons. The summed E-state index contributed by atoms with van der Waals surface area (Å²) in [4.78, 5) is 12.7. The minimum atomic E-state index is -3.73. The quantitative estimate of drug-likeness (QED) is 0.446. The van der Waals surface area contributed by atoms with Gasteiger partial charge in [-0.15, -0.1) is 16.8 Å². The fourth-order valence-electron chi connectivity index (χ4n) is 2.76. The van der Waals surface area contributed by atoms with Crippen LogP contribution in [0, 0.1) is 0 Å². The lowest BCUT2D eigenvalue weighted by molar-refractivity contribution is -0.115. The van der Waals surface area contributed by atoms with Gasteiger partial charge in [0.1, 0.15) is 10.7 Å². The van der Waals surface area contributed by atoms with E-state index in [1.165, 1.54) is 38.0 Å². The first-order valence-corrected chi connectivity index (χ1v) is 12.1. The standard InChI is InChI=1S/C19H24ClN5O3S2/c1-5-10-25-17(13-6-7-13)22-23-19(25)29-12(2)18(26)21-14-8-9-15(20)16(11-14)30(27,28)24(3)4/h5,8-9,11-13H,1,6-7,10H2,2-4H3,(H,21,26)/t12-/m0/s1. The zero-order valence-corrected chi connectivity index (χ0v) is 19.4. The summed E-state index contributed by atoms with van der Waals surface area (Å²) in [5.41, 5.74) is 0.350. The van der Waals surface area contributed by atoms with E-state index in [-0.39, 0.29) is 15.8 Å². The summed E-state index contributed by atoms with van der Waals surface area (Å²) in [6.07, 6.45) is 3.99. The van der Waals surface area contributed by atoms with Crippen molar-refractivity contribution in [3.05, 3.63) is 41.7 Å². The van der Waals surface area contributed by atoms with Crippen LogP contribution in [0.2, 0.25) is 5.02 Å². The van der Waals surface area contributed by atoms with Crippen LogP contribution >= 0.6 is 23.4 Å². The zero-order valence-electron chi connectivity index (χ0n) is 17.0. The van der Waals surface area contributed by atoms with Crippen LogP contribution in [0.1, 0.15) is 31.5 Å². The minimum absolute atomic E-state index is 0.0629. The average molecular weight is 470 g/mol. The number of thioether (sulfide) groups is 1. The number of rotatable bonds is 9. The Morgan fingerprint density at radius 2 is 2.13 bits per heavy atom. The number of anilines is 1. The second kappa shape index (κ2) is 9.09. The first kappa shape index (κ1) is 22.8. The number of carbonyl (C=O) groups excluding carboxylic acids is 1. The zero-order chi connectivity index (χ0) is 22.1. The summed E-state index contributed by atoms with van der Waals surface area (Å²) in [5.74, 6) is 1.08. The Morgan fingerprint density at radius 3 is 2.73 bits per heavy atom. The maximum absolute atomic E-state index is 12.7. The number of sulfonamides is 1. The van der Waals surface area contributed by atoms with Crippen LogP contribution in [0.3, 0.4) is 0 Å². The summed E-state index contributed by atoms with van der Waals surface area (Å²) in [6.45, 7) is 6.13. The SMILES string of the molecule is C=CCn1c(S[C@@H](C)C(=O)Nc2ccc(Cl)c(S(=O)(=O)N(C)C)c2)nnc1C1CC1. The number of halogens is 1. The summed E-state index contributed by atoms with van der Waals surface area (Å²) in [7, 11) is -0.889. The van der Waals surface area contributed by atoms with Crippen molar-refractivity contribution in [3.8, 4) is 0 Å². The van der Waals surface area contributed by atoms with Crippen LogP contribution in [-0.2, 0) is 21.4 Å². The lowest BCUT2D eigenvalue weighted by atomic mass is 10.3. The summed E-state index contributed by atoms with van der Waals surface area (Å²) >= 11 is 7.36. The Labute approximate surface area is 185 Å². The van der Waals surface area contributed by atoms with Gasteiger partial charge in [-0.2, -0.15) is 0 Å². The van der Waals surface area contributed by atoms with Gasteiger partial charge in [0.25, 0.3) is 0 Å². The van der Waals surface area contributed by atoms with Gasteiger partial charge in [-0.1, -0.05) is 29.4 Å². The average Bonchev–Trinajstić information content (AvgIpc) is 3.46. The monoisotopic (exact) mass is 469 g/mol. The van der Waals surface area contributed by atoms with E-state index in [0.717, 1.165) is 23.0 Å². The molecule has 0 aliphatic heterocycles. The second-order valence-electron chi connectivity index (χ2n) is 7.20. The Balaban J connectivity index is 1.75. The Kier molecular flexibility index (Phi) is 6.91. The number of aromatic nitrogens is 3.